The van der Waals surface area contributed by atoms with Crippen molar-refractivity contribution in [3.63, 3.8) is 0 Å². The maximum Gasteiger partial charge on any atom is 0.240 e. The number of hydrogen-bond donors (Lipinski definition) is 1. The Hall–Kier alpha value is -2.63. The fraction of sp³-hybridized carbons (Fsp3) is 0.353. The first-order valence-corrected chi connectivity index (χ1v) is 7.55. The van der Waals surface area contributed by atoms with Crippen molar-refractivity contribution in [1.82, 2.24) is 5.16 Å². The Kier molecular flexibility index (Phi) is 3.67. The summed E-state index contributed by atoms with van der Waals surface area (Å²) in [6, 6.07) is 6.85. The molecule has 1 aliphatic heterocycles. The zero-order valence-electron chi connectivity index (χ0n) is 13.4. The lowest BCUT2D eigenvalue weighted by molar-refractivity contribution is -0.124. The second-order valence-corrected chi connectivity index (χ2v) is 5.92. The number of aromatic nitrogens is 1. The number of nitrogens with two attached hydrogens (primary N) is 1. The van der Waals surface area contributed by atoms with Gasteiger partial charge < -0.3 is 10.3 Å². The van der Waals surface area contributed by atoms with E-state index in [9.17, 15) is 9.59 Å². The van der Waals surface area contributed by atoms with E-state index in [4.69, 9.17) is 10.3 Å². The van der Waals surface area contributed by atoms with Crippen LogP contribution in [0.1, 0.15) is 35.4 Å². The van der Waals surface area contributed by atoms with E-state index in [0.717, 1.165) is 16.8 Å². The monoisotopic (exact) mass is 313 g/mol. The Labute approximate surface area is 134 Å². The predicted octanol–water partition coefficient (Wildman–Crippen LogP) is 1.84. The minimum atomic E-state index is -0.650. The normalized spacial score (nSPS) is 17.9. The number of para-hydroxylation sites is 1. The van der Waals surface area contributed by atoms with E-state index in [1.165, 1.54) is 4.90 Å². The number of rotatable bonds is 3. The third kappa shape index (κ3) is 2.40. The van der Waals surface area contributed by atoms with Gasteiger partial charge in [0.1, 0.15) is 11.8 Å². The van der Waals surface area contributed by atoms with Crippen molar-refractivity contribution in [3.8, 4) is 0 Å². The molecule has 2 N–H and O–H groups in total. The van der Waals surface area contributed by atoms with Crippen molar-refractivity contribution in [2.45, 2.75) is 39.2 Å². The van der Waals surface area contributed by atoms with E-state index in [1.807, 2.05) is 24.3 Å². The molecule has 23 heavy (non-hydrogen) atoms. The molecule has 6 nitrogen and oxygen atoms in total. The highest BCUT2D eigenvalue weighted by molar-refractivity contribution is 6.05. The maximum atomic E-state index is 13.1. The van der Waals surface area contributed by atoms with Gasteiger partial charge in [-0.1, -0.05) is 23.4 Å². The molecule has 0 unspecified atom stereocenters. The Bertz CT molecular complexity index is 762. The number of carbonyl (C=O) groups excluding carboxylic acids is 2. The number of carbonyl (C=O) groups is 2. The minimum Gasteiger partial charge on any atom is -0.368 e. The summed E-state index contributed by atoms with van der Waals surface area (Å²) in [6.45, 7) is 5.38. The quantitative estimate of drug-likeness (QED) is 0.936. The molecule has 6 heteroatoms. The maximum absolute atomic E-state index is 13.1. The molecule has 2 heterocycles. The molecule has 2 amide bonds. The molecular formula is C17H19N3O3. The van der Waals surface area contributed by atoms with Crippen molar-refractivity contribution in [2.75, 3.05) is 4.90 Å². The van der Waals surface area contributed by atoms with E-state index >= 15 is 0 Å². The molecule has 1 aromatic heterocycles. The summed E-state index contributed by atoms with van der Waals surface area (Å²) in [5.74, 6) is -0.519. The van der Waals surface area contributed by atoms with Crippen molar-refractivity contribution in [3.05, 3.63) is 46.8 Å². The van der Waals surface area contributed by atoms with Crippen LogP contribution < -0.4 is 10.6 Å². The van der Waals surface area contributed by atoms with E-state index in [-0.39, 0.29) is 5.91 Å². The number of primary amides is 1. The Balaban J connectivity index is 2.01. The largest absolute Gasteiger partial charge is 0.368 e. The number of amides is 2. The summed E-state index contributed by atoms with van der Waals surface area (Å²) in [5, 5.41) is 3.91. The third-order valence-electron chi connectivity index (χ3n) is 4.43. The van der Waals surface area contributed by atoms with Crippen LogP contribution in [-0.4, -0.2) is 23.0 Å². The number of benzene rings is 1. The summed E-state index contributed by atoms with van der Waals surface area (Å²) < 4.78 is 5.16. The van der Waals surface area contributed by atoms with Crippen LogP contribution in [0.25, 0.3) is 0 Å². The van der Waals surface area contributed by atoms with Gasteiger partial charge in [-0.2, -0.15) is 0 Å². The van der Waals surface area contributed by atoms with Crippen LogP contribution in [0.2, 0.25) is 0 Å². The first kappa shape index (κ1) is 15.3. The average molecular weight is 313 g/mol. The van der Waals surface area contributed by atoms with Gasteiger partial charge in [0.25, 0.3) is 0 Å². The topological polar surface area (TPSA) is 89.4 Å². The van der Waals surface area contributed by atoms with Gasteiger partial charge in [-0.25, -0.2) is 0 Å². The zero-order valence-corrected chi connectivity index (χ0v) is 13.4. The Morgan fingerprint density at radius 3 is 2.65 bits per heavy atom. The molecule has 2 aromatic rings. The highest BCUT2D eigenvalue weighted by atomic mass is 16.5. The second kappa shape index (κ2) is 5.53. The summed E-state index contributed by atoms with van der Waals surface area (Å²) in [6.07, 6.45) is 0.450. The van der Waals surface area contributed by atoms with Gasteiger partial charge in [0.15, 0.2) is 0 Å². The molecule has 0 fully saturated rings. The van der Waals surface area contributed by atoms with Gasteiger partial charge in [-0.3, -0.25) is 14.5 Å². The molecule has 0 radical (unpaired) electrons. The van der Waals surface area contributed by atoms with Gasteiger partial charge in [-0.15, -0.1) is 0 Å². The number of hydrogen-bond acceptors (Lipinski definition) is 4. The molecule has 1 aliphatic rings. The van der Waals surface area contributed by atoms with E-state index in [0.29, 0.717) is 17.9 Å². The second-order valence-electron chi connectivity index (χ2n) is 5.92. The van der Waals surface area contributed by atoms with Crippen LogP contribution in [0.4, 0.5) is 5.69 Å². The lowest BCUT2D eigenvalue weighted by Crippen LogP contribution is -2.47. The van der Waals surface area contributed by atoms with Crippen molar-refractivity contribution in [1.29, 1.82) is 0 Å². The van der Waals surface area contributed by atoms with Crippen LogP contribution in [0.15, 0.2) is 28.8 Å². The van der Waals surface area contributed by atoms with Gasteiger partial charge in [0.2, 0.25) is 11.8 Å². The average Bonchev–Trinajstić information content (AvgIpc) is 3.06. The van der Waals surface area contributed by atoms with Crippen molar-refractivity contribution >= 4 is 17.5 Å². The molecule has 120 valence electrons. The smallest absolute Gasteiger partial charge is 0.240 e. The molecule has 0 saturated heterocycles. The molecule has 0 bridgehead atoms. The molecule has 3 rings (SSSR count). The number of anilines is 1. The Morgan fingerprint density at radius 2 is 2.04 bits per heavy atom. The first-order chi connectivity index (χ1) is 10.9. The predicted molar refractivity (Wildman–Crippen MR) is 85.0 cm³/mol. The summed E-state index contributed by atoms with van der Waals surface area (Å²) >= 11 is 0. The van der Waals surface area contributed by atoms with Gasteiger partial charge >= 0.3 is 0 Å². The van der Waals surface area contributed by atoms with E-state index in [2.05, 4.69) is 5.16 Å². The summed E-state index contributed by atoms with van der Waals surface area (Å²) in [5.41, 5.74) is 8.68. The van der Waals surface area contributed by atoms with Gasteiger partial charge in [-0.05, 0) is 32.4 Å². The van der Waals surface area contributed by atoms with Crippen molar-refractivity contribution in [2.24, 2.45) is 5.73 Å². The lowest BCUT2D eigenvalue weighted by Gasteiger charge is -2.26. The fourth-order valence-corrected chi connectivity index (χ4v) is 3.33. The molecular weight excluding hydrogens is 294 g/mol. The Morgan fingerprint density at radius 1 is 1.35 bits per heavy atom. The standard InChI is InChI=1S/C17H19N3O3/c1-9(15-10(2)19-23-11(15)3)17(22)20-13-7-5-4-6-12(13)8-14(20)16(18)21/h4-7,9,14H,8H2,1-3H3,(H2,18,21)/t9-,14-/m0/s1. The molecule has 0 aliphatic carbocycles. The fourth-order valence-electron chi connectivity index (χ4n) is 3.33. The van der Waals surface area contributed by atoms with Crippen LogP contribution >= 0.6 is 0 Å². The molecule has 0 spiro atoms. The van der Waals surface area contributed by atoms with Gasteiger partial charge in [0, 0.05) is 17.7 Å². The third-order valence-corrected chi connectivity index (χ3v) is 4.43. The lowest BCUT2D eigenvalue weighted by atomic mass is 9.97. The molecule has 1 aromatic carbocycles. The SMILES string of the molecule is Cc1noc(C)c1[C@H](C)C(=O)N1c2ccccc2C[C@H]1C(N)=O. The number of nitrogens with zero attached hydrogens (tertiary/aromatic N) is 2. The van der Waals surface area contributed by atoms with Gasteiger partial charge in [0.05, 0.1) is 11.6 Å². The number of aryl methyl sites for hydroxylation is 2. The van der Waals surface area contributed by atoms with Crippen molar-refractivity contribution < 1.29 is 14.1 Å². The molecule has 0 saturated carbocycles. The van der Waals surface area contributed by atoms with E-state index < -0.39 is 17.9 Å². The van der Waals surface area contributed by atoms with Crippen LogP contribution in [0, 0.1) is 13.8 Å². The molecule has 2 atom stereocenters. The first-order valence-electron chi connectivity index (χ1n) is 7.55. The summed E-state index contributed by atoms with van der Waals surface area (Å²) in [7, 11) is 0. The number of fused-ring (bicyclic) bond motifs is 1. The zero-order chi connectivity index (χ0) is 16.7. The highest BCUT2D eigenvalue weighted by Gasteiger charge is 2.40. The van der Waals surface area contributed by atoms with E-state index in [1.54, 1.807) is 20.8 Å². The van der Waals surface area contributed by atoms with Crippen LogP contribution in [0.3, 0.4) is 0 Å². The summed E-state index contributed by atoms with van der Waals surface area (Å²) in [4.78, 5) is 26.4. The minimum absolute atomic E-state index is 0.173. The highest BCUT2D eigenvalue weighted by Crippen LogP contribution is 2.35. The van der Waals surface area contributed by atoms with Crippen LogP contribution in [0.5, 0.6) is 0 Å². The van der Waals surface area contributed by atoms with Crippen LogP contribution in [-0.2, 0) is 16.0 Å².